The number of hydrogen-bond donors (Lipinski definition) is 1. The summed E-state index contributed by atoms with van der Waals surface area (Å²) in [5.74, 6) is -2.33. The lowest BCUT2D eigenvalue weighted by molar-refractivity contribution is -0.140. The number of amides is 1. The summed E-state index contributed by atoms with van der Waals surface area (Å²) in [5.41, 5.74) is 0.477. The molecule has 0 saturated carbocycles. The van der Waals surface area contributed by atoms with Crippen LogP contribution < -0.4 is 0 Å². The Hall–Kier alpha value is -2.66. The smallest absolute Gasteiger partial charge is 0.295 e. The highest BCUT2D eigenvalue weighted by atomic mass is 35.5. The van der Waals surface area contributed by atoms with Gasteiger partial charge in [-0.15, -0.1) is 0 Å². The number of Topliss-reactive ketones (excluding diaryl/α,β-unsaturated/α-hetero) is 1. The summed E-state index contributed by atoms with van der Waals surface area (Å²) in [6.45, 7) is 2.58. The second-order valence-corrected chi connectivity index (χ2v) is 11.1. The minimum absolute atomic E-state index is 0.0854. The fourth-order valence-electron chi connectivity index (χ4n) is 5.37. The Morgan fingerprint density at radius 3 is 1.85 bits per heavy atom. The molecule has 1 atom stereocenters. The Balaban J connectivity index is 1.54. The number of hydrogen-bond acceptors (Lipinski definition) is 3. The first-order valence-corrected chi connectivity index (χ1v) is 15.1. The normalized spacial score (nSPS) is 16.8. The fraction of sp³-hybridized carbons (Fsp3) is 0.515. The fourth-order valence-corrected chi connectivity index (χ4v) is 5.50. The summed E-state index contributed by atoms with van der Waals surface area (Å²) >= 11 is 5.97. The van der Waals surface area contributed by atoms with Crippen molar-refractivity contribution < 1.29 is 19.1 Å². The van der Waals surface area contributed by atoms with Gasteiger partial charge in [0.25, 0.3) is 11.7 Å². The summed E-state index contributed by atoms with van der Waals surface area (Å²) in [6, 6.07) is 11.5. The molecule has 6 heteroatoms. The van der Waals surface area contributed by atoms with E-state index in [4.69, 9.17) is 11.6 Å². The van der Waals surface area contributed by atoms with Crippen LogP contribution in [0.5, 0.6) is 0 Å². The Morgan fingerprint density at radius 1 is 0.795 bits per heavy atom. The average Bonchev–Trinajstić information content (AvgIpc) is 3.18. The third kappa shape index (κ3) is 8.93. The van der Waals surface area contributed by atoms with E-state index >= 15 is 0 Å². The van der Waals surface area contributed by atoms with Crippen LogP contribution in [0.25, 0.3) is 5.76 Å². The first-order chi connectivity index (χ1) is 19.0. The lowest BCUT2D eigenvalue weighted by Crippen LogP contribution is -2.31. The number of carbonyl (C=O) groups excluding carboxylic acids is 2. The molecule has 1 saturated heterocycles. The monoisotopic (exact) mass is 555 g/mol. The molecule has 0 spiro atoms. The highest BCUT2D eigenvalue weighted by Crippen LogP contribution is 2.40. The number of aliphatic hydroxyl groups is 1. The summed E-state index contributed by atoms with van der Waals surface area (Å²) in [5, 5.41) is 11.5. The Bertz CT molecular complexity index is 1100. The van der Waals surface area contributed by atoms with Gasteiger partial charge in [-0.2, -0.15) is 0 Å². The molecule has 39 heavy (non-hydrogen) atoms. The van der Waals surface area contributed by atoms with Crippen LogP contribution in [0.4, 0.5) is 4.39 Å². The van der Waals surface area contributed by atoms with E-state index in [1.54, 1.807) is 42.5 Å². The van der Waals surface area contributed by atoms with Gasteiger partial charge >= 0.3 is 0 Å². The molecule has 0 bridgehead atoms. The van der Waals surface area contributed by atoms with E-state index in [1.807, 2.05) is 0 Å². The summed E-state index contributed by atoms with van der Waals surface area (Å²) < 4.78 is 14.9. The van der Waals surface area contributed by atoms with E-state index in [0.717, 1.165) is 25.7 Å². The van der Waals surface area contributed by atoms with E-state index in [9.17, 15) is 19.1 Å². The zero-order valence-corrected chi connectivity index (χ0v) is 24.0. The molecule has 2 aromatic rings. The summed E-state index contributed by atoms with van der Waals surface area (Å²) in [4.78, 5) is 27.6. The maximum absolute atomic E-state index is 14.9. The van der Waals surface area contributed by atoms with Crippen LogP contribution in [0, 0.1) is 5.82 Å². The molecule has 0 unspecified atom stereocenters. The van der Waals surface area contributed by atoms with Gasteiger partial charge in [-0.25, -0.2) is 4.39 Å². The van der Waals surface area contributed by atoms with Gasteiger partial charge in [-0.05, 0) is 36.8 Å². The van der Waals surface area contributed by atoms with Crippen molar-refractivity contribution in [3.8, 4) is 0 Å². The van der Waals surface area contributed by atoms with E-state index in [-0.39, 0.29) is 16.9 Å². The van der Waals surface area contributed by atoms with Crippen LogP contribution in [-0.2, 0) is 9.59 Å². The van der Waals surface area contributed by atoms with Crippen molar-refractivity contribution in [2.24, 2.45) is 0 Å². The molecular formula is C33H43ClFNO3. The van der Waals surface area contributed by atoms with Gasteiger partial charge in [0.1, 0.15) is 11.6 Å². The topological polar surface area (TPSA) is 57.6 Å². The maximum atomic E-state index is 14.9. The van der Waals surface area contributed by atoms with Crippen molar-refractivity contribution in [2.45, 2.75) is 103 Å². The first kappa shape index (κ1) is 30.9. The molecule has 1 heterocycles. The first-order valence-electron chi connectivity index (χ1n) is 14.7. The van der Waals surface area contributed by atoms with Gasteiger partial charge in [0, 0.05) is 22.7 Å². The van der Waals surface area contributed by atoms with Gasteiger partial charge in [-0.3, -0.25) is 9.59 Å². The molecule has 0 aliphatic carbocycles. The number of likely N-dealkylation sites (tertiary alicyclic amines) is 1. The third-order valence-corrected chi connectivity index (χ3v) is 7.86. The Kier molecular flexibility index (Phi) is 13.0. The molecule has 212 valence electrons. The van der Waals surface area contributed by atoms with Crippen LogP contribution in [0.15, 0.2) is 54.1 Å². The van der Waals surface area contributed by atoms with Crippen LogP contribution in [-0.4, -0.2) is 28.2 Å². The van der Waals surface area contributed by atoms with Crippen molar-refractivity contribution >= 4 is 29.1 Å². The lowest BCUT2D eigenvalue weighted by Gasteiger charge is -2.25. The van der Waals surface area contributed by atoms with Gasteiger partial charge in [0.05, 0.1) is 11.6 Å². The number of unbranched alkanes of at least 4 members (excludes halogenated alkanes) is 13. The quantitative estimate of drug-likeness (QED) is 0.0915. The SMILES string of the molecule is CCCCCCCCCCCCCCCCN1C(=O)C(=O)C(=C(O)c2ccc(Cl)cc2)[C@H]1c1ccccc1F. The van der Waals surface area contributed by atoms with E-state index in [0.29, 0.717) is 17.1 Å². The number of carbonyl (C=O) groups is 2. The Labute approximate surface area is 238 Å². The van der Waals surface area contributed by atoms with Crippen LogP contribution in [0.1, 0.15) is 114 Å². The predicted octanol–water partition coefficient (Wildman–Crippen LogP) is 9.38. The number of halogens is 2. The number of rotatable bonds is 17. The van der Waals surface area contributed by atoms with Crippen molar-refractivity contribution in [1.29, 1.82) is 0 Å². The average molecular weight is 556 g/mol. The molecular weight excluding hydrogens is 513 g/mol. The second kappa shape index (κ2) is 16.4. The van der Waals surface area contributed by atoms with Gasteiger partial charge in [0.15, 0.2) is 0 Å². The van der Waals surface area contributed by atoms with Crippen molar-refractivity contribution in [3.05, 3.63) is 76.1 Å². The zero-order valence-electron chi connectivity index (χ0n) is 23.3. The number of benzene rings is 2. The number of nitrogens with zero attached hydrogens (tertiary/aromatic N) is 1. The van der Waals surface area contributed by atoms with Crippen LogP contribution in [0.3, 0.4) is 0 Å². The molecule has 0 aromatic heterocycles. The molecule has 1 aliphatic heterocycles. The van der Waals surface area contributed by atoms with Crippen molar-refractivity contribution in [2.75, 3.05) is 6.54 Å². The van der Waals surface area contributed by atoms with Gasteiger partial charge in [-0.1, -0.05) is 120 Å². The van der Waals surface area contributed by atoms with Crippen molar-refractivity contribution in [1.82, 2.24) is 4.90 Å². The minimum atomic E-state index is -0.969. The molecule has 3 rings (SSSR count). The Morgan fingerprint density at radius 2 is 1.31 bits per heavy atom. The molecule has 1 fully saturated rings. The highest BCUT2D eigenvalue weighted by Gasteiger charge is 2.46. The molecule has 4 nitrogen and oxygen atoms in total. The van der Waals surface area contributed by atoms with Gasteiger partial charge < -0.3 is 10.0 Å². The van der Waals surface area contributed by atoms with E-state index < -0.39 is 23.5 Å². The highest BCUT2D eigenvalue weighted by molar-refractivity contribution is 6.46. The maximum Gasteiger partial charge on any atom is 0.295 e. The van der Waals surface area contributed by atoms with Gasteiger partial charge in [0.2, 0.25) is 0 Å². The summed E-state index contributed by atoms with van der Waals surface area (Å²) in [6.07, 6.45) is 17.1. The molecule has 2 aromatic carbocycles. The van der Waals surface area contributed by atoms with E-state index in [2.05, 4.69) is 6.92 Å². The lowest BCUT2D eigenvalue weighted by atomic mass is 9.95. The predicted molar refractivity (Wildman–Crippen MR) is 157 cm³/mol. The summed E-state index contributed by atoms with van der Waals surface area (Å²) in [7, 11) is 0. The second-order valence-electron chi connectivity index (χ2n) is 10.6. The van der Waals surface area contributed by atoms with Crippen molar-refractivity contribution in [3.63, 3.8) is 0 Å². The molecule has 0 radical (unpaired) electrons. The van der Waals surface area contributed by atoms with Crippen LogP contribution in [0.2, 0.25) is 5.02 Å². The minimum Gasteiger partial charge on any atom is -0.507 e. The molecule has 1 amide bonds. The molecule has 1 aliphatic rings. The standard InChI is InChI=1S/C33H43ClFNO3/c1-2-3-4-5-6-7-8-9-10-11-12-13-14-17-24-36-30(27-18-15-16-19-28(27)35)29(32(38)33(36)39)31(37)25-20-22-26(34)23-21-25/h15-16,18-23,30,37H,2-14,17,24H2,1H3/t30-/m1/s1. The number of ketones is 1. The largest absolute Gasteiger partial charge is 0.507 e. The van der Waals surface area contributed by atoms with Crippen LogP contribution >= 0.6 is 11.6 Å². The zero-order chi connectivity index (χ0) is 28.0. The number of aliphatic hydroxyl groups excluding tert-OH is 1. The third-order valence-electron chi connectivity index (χ3n) is 7.61. The molecule has 1 N–H and O–H groups in total. The van der Waals surface area contributed by atoms with E-state index in [1.165, 1.54) is 75.2 Å².